The molecule has 98 valence electrons. The van der Waals surface area contributed by atoms with Crippen LogP contribution in [0.2, 0.25) is 0 Å². The first-order valence-electron chi connectivity index (χ1n) is 6.93. The number of benzene rings is 1. The van der Waals surface area contributed by atoms with Gasteiger partial charge in [-0.25, -0.2) is 4.98 Å². The molecular weight excluding hydrogens is 236 g/mol. The molecule has 1 atom stereocenters. The molecule has 1 aliphatic heterocycles. The number of nitrogens with one attached hydrogen (secondary N) is 1. The van der Waals surface area contributed by atoms with E-state index in [1.165, 1.54) is 19.3 Å². The summed E-state index contributed by atoms with van der Waals surface area (Å²) in [7, 11) is 0. The minimum atomic E-state index is 0.376. The fraction of sp³-hybridized carbons (Fsp3) is 0.467. The third kappa shape index (κ3) is 2.47. The average molecular weight is 254 g/mol. The number of para-hydroxylation sites is 2. The van der Waals surface area contributed by atoms with Gasteiger partial charge < -0.3 is 9.88 Å². The molecule has 1 N–H and O–H groups in total. The van der Waals surface area contributed by atoms with E-state index in [0.29, 0.717) is 12.5 Å². The molecule has 0 radical (unpaired) electrons. The Balaban J connectivity index is 1.95. The van der Waals surface area contributed by atoms with Crippen LogP contribution in [0.5, 0.6) is 0 Å². The summed E-state index contributed by atoms with van der Waals surface area (Å²) in [5.74, 6) is 0.885. The van der Waals surface area contributed by atoms with Crippen LogP contribution in [0.15, 0.2) is 24.3 Å². The lowest BCUT2D eigenvalue weighted by Crippen LogP contribution is -2.37. The Hall–Kier alpha value is -1.86. The maximum absolute atomic E-state index is 8.96. The van der Waals surface area contributed by atoms with Gasteiger partial charge >= 0.3 is 0 Å². The van der Waals surface area contributed by atoms with Crippen LogP contribution in [0.3, 0.4) is 0 Å². The van der Waals surface area contributed by atoms with Crippen molar-refractivity contribution >= 4 is 11.0 Å². The van der Waals surface area contributed by atoms with Gasteiger partial charge in [-0.2, -0.15) is 5.26 Å². The molecule has 19 heavy (non-hydrogen) atoms. The molecular formula is C15H18N4. The summed E-state index contributed by atoms with van der Waals surface area (Å²) in [4.78, 5) is 4.58. The Kier molecular flexibility index (Phi) is 3.47. The molecule has 4 nitrogen and oxygen atoms in total. The Morgan fingerprint density at radius 2 is 2.26 bits per heavy atom. The number of fused-ring (bicyclic) bond motifs is 1. The highest BCUT2D eigenvalue weighted by atomic mass is 15.1. The van der Waals surface area contributed by atoms with Crippen molar-refractivity contribution in [3.05, 3.63) is 30.1 Å². The molecule has 2 aromatic rings. The lowest BCUT2D eigenvalue weighted by molar-refractivity contribution is 0.363. The highest BCUT2D eigenvalue weighted by Crippen LogP contribution is 2.19. The lowest BCUT2D eigenvalue weighted by Gasteiger charge is -2.24. The van der Waals surface area contributed by atoms with Crippen molar-refractivity contribution in [2.75, 3.05) is 6.54 Å². The van der Waals surface area contributed by atoms with Crippen molar-refractivity contribution in [3.63, 3.8) is 0 Å². The first-order chi connectivity index (χ1) is 9.38. The first kappa shape index (κ1) is 12.2. The minimum Gasteiger partial charge on any atom is -0.326 e. The van der Waals surface area contributed by atoms with Crippen LogP contribution in [0.25, 0.3) is 11.0 Å². The topological polar surface area (TPSA) is 53.6 Å². The van der Waals surface area contributed by atoms with E-state index < -0.39 is 0 Å². The summed E-state index contributed by atoms with van der Waals surface area (Å²) in [6.07, 6.45) is 4.14. The third-order valence-corrected chi connectivity index (χ3v) is 3.79. The molecule has 0 aliphatic carbocycles. The van der Waals surface area contributed by atoms with Crippen molar-refractivity contribution in [1.29, 1.82) is 5.26 Å². The summed E-state index contributed by atoms with van der Waals surface area (Å²) in [6.45, 7) is 2.02. The molecule has 1 unspecified atom stereocenters. The van der Waals surface area contributed by atoms with Gasteiger partial charge in [-0.1, -0.05) is 18.6 Å². The molecule has 1 fully saturated rings. The van der Waals surface area contributed by atoms with Gasteiger partial charge in [0.25, 0.3) is 0 Å². The fourth-order valence-electron chi connectivity index (χ4n) is 2.83. The Labute approximate surface area is 113 Å². The average Bonchev–Trinajstić information content (AvgIpc) is 2.79. The second-order valence-corrected chi connectivity index (χ2v) is 5.11. The van der Waals surface area contributed by atoms with Crippen LogP contribution in [0, 0.1) is 11.3 Å². The van der Waals surface area contributed by atoms with E-state index in [4.69, 9.17) is 5.26 Å². The van der Waals surface area contributed by atoms with E-state index in [0.717, 1.165) is 29.9 Å². The van der Waals surface area contributed by atoms with Gasteiger partial charge in [-0.15, -0.1) is 0 Å². The van der Waals surface area contributed by atoms with Gasteiger partial charge in [-0.3, -0.25) is 0 Å². The minimum absolute atomic E-state index is 0.376. The fourth-order valence-corrected chi connectivity index (χ4v) is 2.83. The number of piperidine rings is 1. The number of hydrogen-bond acceptors (Lipinski definition) is 3. The van der Waals surface area contributed by atoms with Crippen molar-refractivity contribution < 1.29 is 0 Å². The van der Waals surface area contributed by atoms with Gasteiger partial charge in [0.2, 0.25) is 0 Å². The number of imidazole rings is 1. The van der Waals surface area contributed by atoms with Crippen molar-refractivity contribution in [2.24, 2.45) is 0 Å². The summed E-state index contributed by atoms with van der Waals surface area (Å²) in [6, 6.07) is 10.9. The molecule has 1 aromatic carbocycles. The van der Waals surface area contributed by atoms with E-state index in [9.17, 15) is 0 Å². The van der Waals surface area contributed by atoms with Crippen molar-refractivity contribution in [1.82, 2.24) is 14.9 Å². The second-order valence-electron chi connectivity index (χ2n) is 5.11. The van der Waals surface area contributed by atoms with Gasteiger partial charge in [0.15, 0.2) is 0 Å². The quantitative estimate of drug-likeness (QED) is 0.914. The lowest BCUT2D eigenvalue weighted by atomic mass is 10.0. The van der Waals surface area contributed by atoms with E-state index in [2.05, 4.69) is 27.0 Å². The third-order valence-electron chi connectivity index (χ3n) is 3.79. The smallest absolute Gasteiger partial charge is 0.124 e. The molecule has 4 heteroatoms. The standard InChI is InChI=1S/C15H18N4/c16-9-8-15-18-13-6-1-2-7-14(13)19(15)11-12-5-3-4-10-17-12/h1-2,6-7,12,17H,3-5,8,10-11H2. The summed E-state index contributed by atoms with van der Waals surface area (Å²) < 4.78 is 2.21. The number of rotatable bonds is 3. The maximum Gasteiger partial charge on any atom is 0.124 e. The van der Waals surface area contributed by atoms with Crippen molar-refractivity contribution in [2.45, 2.75) is 38.3 Å². The zero-order chi connectivity index (χ0) is 13.1. The summed E-state index contributed by atoms with van der Waals surface area (Å²) in [5.41, 5.74) is 2.13. The van der Waals surface area contributed by atoms with Crippen LogP contribution in [-0.2, 0) is 13.0 Å². The summed E-state index contributed by atoms with van der Waals surface area (Å²) in [5, 5.41) is 12.5. The van der Waals surface area contributed by atoms with Gasteiger partial charge in [0.1, 0.15) is 5.82 Å². The number of nitriles is 1. The van der Waals surface area contributed by atoms with Crippen molar-refractivity contribution in [3.8, 4) is 6.07 Å². The zero-order valence-corrected chi connectivity index (χ0v) is 11.0. The maximum atomic E-state index is 8.96. The van der Waals surface area contributed by atoms with Gasteiger partial charge in [0.05, 0.1) is 23.5 Å². The Morgan fingerprint density at radius 3 is 3.05 bits per heavy atom. The highest BCUT2D eigenvalue weighted by Gasteiger charge is 2.17. The predicted molar refractivity (Wildman–Crippen MR) is 74.7 cm³/mol. The number of nitrogens with zero attached hydrogens (tertiary/aromatic N) is 3. The van der Waals surface area contributed by atoms with Crippen LogP contribution < -0.4 is 5.32 Å². The second kappa shape index (κ2) is 5.41. The van der Waals surface area contributed by atoms with E-state index in [-0.39, 0.29) is 0 Å². The van der Waals surface area contributed by atoms with E-state index >= 15 is 0 Å². The molecule has 1 saturated heterocycles. The van der Waals surface area contributed by atoms with Gasteiger partial charge in [0, 0.05) is 12.6 Å². The number of aromatic nitrogens is 2. The molecule has 1 aliphatic rings. The molecule has 3 rings (SSSR count). The van der Waals surface area contributed by atoms with Crippen LogP contribution in [0.1, 0.15) is 25.1 Å². The molecule has 0 spiro atoms. The first-order valence-corrected chi connectivity index (χ1v) is 6.93. The van der Waals surface area contributed by atoms with Crippen LogP contribution >= 0.6 is 0 Å². The highest BCUT2D eigenvalue weighted by molar-refractivity contribution is 5.76. The summed E-state index contributed by atoms with van der Waals surface area (Å²) >= 11 is 0. The largest absolute Gasteiger partial charge is 0.326 e. The predicted octanol–water partition coefficient (Wildman–Crippen LogP) is 2.24. The molecule has 0 amide bonds. The van der Waals surface area contributed by atoms with E-state index in [1.807, 2.05) is 18.2 Å². The van der Waals surface area contributed by atoms with E-state index in [1.54, 1.807) is 0 Å². The zero-order valence-electron chi connectivity index (χ0n) is 11.0. The van der Waals surface area contributed by atoms with Gasteiger partial charge in [-0.05, 0) is 31.5 Å². The molecule has 1 aromatic heterocycles. The monoisotopic (exact) mass is 254 g/mol. The van der Waals surface area contributed by atoms with Crippen LogP contribution in [-0.4, -0.2) is 22.1 Å². The molecule has 0 bridgehead atoms. The normalized spacial score (nSPS) is 19.4. The van der Waals surface area contributed by atoms with Crippen LogP contribution in [0.4, 0.5) is 0 Å². The number of hydrogen-bond donors (Lipinski definition) is 1. The Bertz CT molecular complexity index is 602. The molecule has 2 heterocycles. The Morgan fingerprint density at radius 1 is 1.37 bits per heavy atom. The SMILES string of the molecule is N#CCc1nc2ccccc2n1CC1CCCCN1. The molecule has 0 saturated carbocycles.